The Morgan fingerprint density at radius 2 is 1.55 bits per heavy atom. The van der Waals surface area contributed by atoms with Crippen molar-refractivity contribution in [1.29, 1.82) is 10.5 Å². The first kappa shape index (κ1) is 46.3. The van der Waals surface area contributed by atoms with Crippen LogP contribution in [0.4, 0.5) is 0 Å². The SMILES string of the molecule is COc1ccc(C(OC[C@H]2O[C@@H](n3ccc(=O)[nH]c3=O)[C@@H](OCOCOCC#N)C2OP(OCCC#N)N(C(C)C)C(C)C)(c2ccccc2)c2ccc(CO)cc2)cc1. The number of aromatic amines is 1. The van der Waals surface area contributed by atoms with Crippen LogP contribution in [0.5, 0.6) is 5.75 Å². The second-order valence-corrected chi connectivity index (χ2v) is 15.6. The zero-order valence-corrected chi connectivity index (χ0v) is 35.2. The van der Waals surface area contributed by atoms with Crippen LogP contribution < -0.4 is 16.0 Å². The quantitative estimate of drug-likeness (QED) is 0.0413. The molecule has 2 N–H and O–H groups in total. The summed E-state index contributed by atoms with van der Waals surface area (Å²) in [6, 6.07) is 29.7. The van der Waals surface area contributed by atoms with E-state index in [1.807, 2.05) is 113 Å². The second-order valence-electron chi connectivity index (χ2n) is 14.2. The summed E-state index contributed by atoms with van der Waals surface area (Å²) in [5.74, 6) is 0.642. The van der Waals surface area contributed by atoms with Crippen molar-refractivity contribution in [2.24, 2.45) is 0 Å². The molecular formula is C43H52N5O11P. The lowest BCUT2D eigenvalue weighted by Crippen LogP contribution is -2.43. The van der Waals surface area contributed by atoms with E-state index in [1.54, 1.807) is 7.11 Å². The van der Waals surface area contributed by atoms with Gasteiger partial charge in [0.2, 0.25) is 0 Å². The maximum atomic E-state index is 13.4. The van der Waals surface area contributed by atoms with Gasteiger partial charge < -0.3 is 42.6 Å². The largest absolute Gasteiger partial charge is 0.497 e. The molecule has 2 heterocycles. The zero-order chi connectivity index (χ0) is 43.1. The molecule has 1 aliphatic heterocycles. The first-order chi connectivity index (χ1) is 29.1. The molecule has 4 aromatic rings. The number of nitrogens with zero attached hydrogens (tertiary/aromatic N) is 4. The molecule has 1 aliphatic rings. The van der Waals surface area contributed by atoms with Crippen molar-refractivity contribution >= 4 is 8.53 Å². The molecule has 0 saturated carbocycles. The van der Waals surface area contributed by atoms with E-state index in [9.17, 15) is 20.0 Å². The van der Waals surface area contributed by atoms with Crippen molar-refractivity contribution in [3.63, 3.8) is 0 Å². The van der Waals surface area contributed by atoms with Gasteiger partial charge in [-0.3, -0.25) is 14.3 Å². The Bertz CT molecular complexity index is 2070. The Morgan fingerprint density at radius 1 is 0.883 bits per heavy atom. The Kier molecular flexibility index (Phi) is 17.5. The van der Waals surface area contributed by atoms with Gasteiger partial charge in [0.1, 0.15) is 43.1 Å². The van der Waals surface area contributed by atoms with Crippen molar-refractivity contribution in [2.45, 2.75) is 82.9 Å². The average Bonchev–Trinajstić information content (AvgIpc) is 3.58. The minimum Gasteiger partial charge on any atom is -0.497 e. The highest BCUT2D eigenvalue weighted by Gasteiger charge is 2.51. The van der Waals surface area contributed by atoms with Gasteiger partial charge in [-0.1, -0.05) is 66.7 Å². The number of nitriles is 2. The number of aromatic nitrogens is 2. The van der Waals surface area contributed by atoms with Crippen LogP contribution in [-0.4, -0.2) is 90.2 Å². The predicted octanol–water partition coefficient (Wildman–Crippen LogP) is 5.46. The van der Waals surface area contributed by atoms with Crippen molar-refractivity contribution in [3.8, 4) is 17.9 Å². The molecule has 0 radical (unpaired) electrons. The van der Waals surface area contributed by atoms with Gasteiger partial charge in [0.25, 0.3) is 14.1 Å². The molecule has 0 bridgehead atoms. The molecule has 3 unspecified atom stereocenters. The lowest BCUT2D eigenvalue weighted by molar-refractivity contribution is -0.172. The molecule has 0 aliphatic carbocycles. The van der Waals surface area contributed by atoms with Crippen LogP contribution >= 0.6 is 8.53 Å². The molecule has 16 nitrogen and oxygen atoms in total. The number of nitrogens with one attached hydrogen (secondary N) is 1. The molecule has 0 amide bonds. The van der Waals surface area contributed by atoms with Gasteiger partial charge in [-0.15, -0.1) is 0 Å². The molecule has 5 rings (SSSR count). The number of benzene rings is 3. The van der Waals surface area contributed by atoms with Crippen molar-refractivity contribution in [3.05, 3.63) is 134 Å². The van der Waals surface area contributed by atoms with Gasteiger partial charge in [0, 0.05) is 24.3 Å². The summed E-state index contributed by atoms with van der Waals surface area (Å²) in [6.45, 7) is 7.01. The molecule has 320 valence electrons. The summed E-state index contributed by atoms with van der Waals surface area (Å²) in [5.41, 5.74) is 0.349. The molecular weight excluding hydrogens is 793 g/mol. The van der Waals surface area contributed by atoms with E-state index in [4.69, 9.17) is 42.7 Å². The number of aliphatic hydroxyl groups is 1. The minimum atomic E-state index is -1.91. The topological polar surface area (TPSA) is 200 Å². The van der Waals surface area contributed by atoms with Gasteiger partial charge in [0.05, 0.1) is 45.5 Å². The van der Waals surface area contributed by atoms with E-state index < -0.39 is 49.9 Å². The summed E-state index contributed by atoms with van der Waals surface area (Å²) < 4.78 is 53.2. The maximum absolute atomic E-state index is 13.4. The third-order valence-electron chi connectivity index (χ3n) is 9.65. The highest BCUT2D eigenvalue weighted by molar-refractivity contribution is 7.44. The molecule has 60 heavy (non-hydrogen) atoms. The van der Waals surface area contributed by atoms with Crippen LogP contribution in [0.1, 0.15) is 62.6 Å². The zero-order valence-electron chi connectivity index (χ0n) is 34.3. The normalized spacial score (nSPS) is 19.2. The number of hydrogen-bond acceptors (Lipinski definition) is 14. The first-order valence-electron chi connectivity index (χ1n) is 19.5. The van der Waals surface area contributed by atoms with E-state index in [0.29, 0.717) is 11.3 Å². The Hall–Kier alpha value is -4.81. The fraction of sp³-hybridized carbons (Fsp3) is 0.442. The molecule has 6 atom stereocenters. The van der Waals surface area contributed by atoms with E-state index >= 15 is 0 Å². The lowest BCUT2D eigenvalue weighted by Gasteiger charge is -2.39. The van der Waals surface area contributed by atoms with E-state index in [-0.39, 0.29) is 58.5 Å². The van der Waals surface area contributed by atoms with Crippen molar-refractivity contribution in [1.82, 2.24) is 14.2 Å². The molecule has 17 heteroatoms. The van der Waals surface area contributed by atoms with Crippen LogP contribution in [0, 0.1) is 22.7 Å². The third kappa shape index (κ3) is 11.3. The van der Waals surface area contributed by atoms with Gasteiger partial charge >= 0.3 is 5.69 Å². The standard InChI is InChI=1S/C43H52N5O11P/c1-30(2)48(31(3)4)60(57-24-9-21-44)59-39-37(58-41(47-23-20-38(50)46-42(47)51)40(39)55-29-54-28-53-25-22-45)27-56-43(33-10-7-6-8-11-33,34-14-12-32(26-49)13-15-34)35-16-18-36(52-5)19-17-35/h6-8,10-20,23,30-31,37,39-41,49H,9,24-29H2,1-5H3,(H,46,50,51)/t37-,39?,40+,41-,43?,60?/m1/s1. The average molecular weight is 846 g/mol. The fourth-order valence-electron chi connectivity index (χ4n) is 7.00. The number of aliphatic hydroxyl groups excluding tert-OH is 1. The third-order valence-corrected chi connectivity index (χ3v) is 11.8. The molecule has 1 fully saturated rings. The number of H-pyrrole nitrogens is 1. The summed E-state index contributed by atoms with van der Waals surface area (Å²) in [7, 11) is -0.316. The minimum absolute atomic E-state index is 0.0597. The Balaban J connectivity index is 1.66. The van der Waals surface area contributed by atoms with Crippen LogP contribution in [0.2, 0.25) is 0 Å². The summed E-state index contributed by atoms with van der Waals surface area (Å²) in [5, 5.41) is 28.3. The van der Waals surface area contributed by atoms with Crippen LogP contribution in [0.15, 0.2) is 101 Å². The highest BCUT2D eigenvalue weighted by Crippen LogP contribution is 2.51. The van der Waals surface area contributed by atoms with Crippen LogP contribution in [0.25, 0.3) is 0 Å². The molecule has 0 spiro atoms. The molecule has 3 aromatic carbocycles. The molecule has 1 aromatic heterocycles. The Labute approximate surface area is 350 Å². The molecule has 1 saturated heterocycles. The fourth-order valence-corrected chi connectivity index (χ4v) is 8.77. The van der Waals surface area contributed by atoms with Crippen molar-refractivity contribution < 1.29 is 42.6 Å². The van der Waals surface area contributed by atoms with E-state index in [1.165, 1.54) is 16.8 Å². The van der Waals surface area contributed by atoms with Gasteiger partial charge in [-0.05, 0) is 62.1 Å². The summed E-state index contributed by atoms with van der Waals surface area (Å²) in [4.78, 5) is 27.9. The smallest absolute Gasteiger partial charge is 0.330 e. The summed E-state index contributed by atoms with van der Waals surface area (Å²) in [6.07, 6.45) is -2.84. The predicted molar refractivity (Wildman–Crippen MR) is 220 cm³/mol. The number of ether oxygens (including phenoxy) is 6. The van der Waals surface area contributed by atoms with Gasteiger partial charge in [0.15, 0.2) is 13.0 Å². The van der Waals surface area contributed by atoms with Gasteiger partial charge in [-0.2, -0.15) is 10.5 Å². The number of rotatable bonds is 23. The second kappa shape index (κ2) is 22.7. The van der Waals surface area contributed by atoms with Crippen molar-refractivity contribution in [2.75, 3.05) is 40.5 Å². The monoisotopic (exact) mass is 845 g/mol. The van der Waals surface area contributed by atoms with E-state index in [0.717, 1.165) is 16.7 Å². The lowest BCUT2D eigenvalue weighted by atomic mass is 9.79. The number of hydrogen-bond donors (Lipinski definition) is 2. The first-order valence-corrected chi connectivity index (χ1v) is 20.6. The number of methoxy groups -OCH3 is 1. The Morgan fingerprint density at radius 3 is 2.15 bits per heavy atom. The highest BCUT2D eigenvalue weighted by atomic mass is 31.2. The van der Waals surface area contributed by atoms with Gasteiger partial charge in [-0.25, -0.2) is 9.46 Å². The summed E-state index contributed by atoms with van der Waals surface area (Å²) >= 11 is 0. The van der Waals surface area contributed by atoms with E-state index in [2.05, 4.69) is 15.7 Å². The van der Waals surface area contributed by atoms with Crippen LogP contribution in [-0.2, 0) is 44.9 Å². The maximum Gasteiger partial charge on any atom is 0.330 e. The van der Waals surface area contributed by atoms with Crippen LogP contribution in [0.3, 0.4) is 0 Å².